The summed E-state index contributed by atoms with van der Waals surface area (Å²) in [5.74, 6) is -0.333. The highest BCUT2D eigenvalue weighted by molar-refractivity contribution is 7.07. The van der Waals surface area contributed by atoms with Crippen LogP contribution in [0.4, 0.5) is 0 Å². The van der Waals surface area contributed by atoms with E-state index in [-0.39, 0.29) is 17.5 Å². The summed E-state index contributed by atoms with van der Waals surface area (Å²) < 4.78 is 1.72. The third-order valence-corrected chi connectivity index (χ3v) is 3.53. The van der Waals surface area contributed by atoms with Gasteiger partial charge in [-0.15, -0.1) is 11.3 Å². The summed E-state index contributed by atoms with van der Waals surface area (Å²) in [4.78, 5) is 5.29. The molecule has 1 aromatic heterocycles. The maximum Gasteiger partial charge on any atom is 0.206 e. The minimum atomic E-state index is -0.174. The van der Waals surface area contributed by atoms with Crippen molar-refractivity contribution in [3.63, 3.8) is 0 Å². The van der Waals surface area contributed by atoms with Gasteiger partial charge in [-0.2, -0.15) is 5.10 Å². The second-order valence-corrected chi connectivity index (χ2v) is 5.49. The lowest BCUT2D eigenvalue weighted by Gasteiger charge is -2.02. The fourth-order valence-electron chi connectivity index (χ4n) is 1.61. The first-order valence-electron chi connectivity index (χ1n) is 6.25. The Morgan fingerprint density at radius 1 is 1.30 bits per heavy atom. The van der Waals surface area contributed by atoms with Crippen LogP contribution in [0.3, 0.4) is 0 Å². The van der Waals surface area contributed by atoms with Crippen LogP contribution in [0.15, 0.2) is 33.7 Å². The molecule has 106 valence electrons. The standard InChI is InChI=1S/C14H17N3O2S/c1-9(2)16-14-17(10(3)8-20-14)15-7-11-5-4-6-12(18)13(11)19/h4-9,18-19H,1-3H3. The lowest BCUT2D eigenvalue weighted by atomic mass is 10.2. The van der Waals surface area contributed by atoms with E-state index in [0.717, 1.165) is 10.5 Å². The molecular formula is C14H17N3O2S. The van der Waals surface area contributed by atoms with Gasteiger partial charge in [0.05, 0.1) is 11.9 Å². The van der Waals surface area contributed by atoms with Gasteiger partial charge in [0, 0.05) is 17.0 Å². The molecule has 0 aliphatic heterocycles. The lowest BCUT2D eigenvalue weighted by Crippen LogP contribution is -2.14. The molecule has 0 saturated heterocycles. The van der Waals surface area contributed by atoms with Gasteiger partial charge in [-0.3, -0.25) is 4.99 Å². The monoisotopic (exact) mass is 291 g/mol. The van der Waals surface area contributed by atoms with Crippen molar-refractivity contribution in [3.05, 3.63) is 39.6 Å². The second-order valence-electron chi connectivity index (χ2n) is 4.65. The van der Waals surface area contributed by atoms with Crippen LogP contribution in [-0.2, 0) is 0 Å². The Hall–Kier alpha value is -2.08. The van der Waals surface area contributed by atoms with Crippen LogP contribution in [0.5, 0.6) is 11.5 Å². The molecule has 0 bridgehead atoms. The number of hydrogen-bond acceptors (Lipinski definition) is 5. The molecule has 0 aliphatic rings. The summed E-state index contributed by atoms with van der Waals surface area (Å²) in [6, 6.07) is 4.94. The molecular weight excluding hydrogens is 274 g/mol. The van der Waals surface area contributed by atoms with Gasteiger partial charge >= 0.3 is 0 Å². The smallest absolute Gasteiger partial charge is 0.206 e. The number of thiazole rings is 1. The predicted molar refractivity (Wildman–Crippen MR) is 80.5 cm³/mol. The van der Waals surface area contributed by atoms with Gasteiger partial charge in [0.1, 0.15) is 0 Å². The van der Waals surface area contributed by atoms with Crippen molar-refractivity contribution >= 4 is 17.6 Å². The molecule has 2 N–H and O–H groups in total. The Morgan fingerprint density at radius 3 is 2.75 bits per heavy atom. The van der Waals surface area contributed by atoms with Crippen LogP contribution in [0, 0.1) is 6.92 Å². The Bertz CT molecular complexity index is 699. The highest BCUT2D eigenvalue weighted by Crippen LogP contribution is 2.26. The van der Waals surface area contributed by atoms with E-state index in [1.54, 1.807) is 16.8 Å². The van der Waals surface area contributed by atoms with Gasteiger partial charge in [0.25, 0.3) is 0 Å². The number of hydrogen-bond donors (Lipinski definition) is 2. The average Bonchev–Trinajstić information content (AvgIpc) is 2.72. The highest BCUT2D eigenvalue weighted by Gasteiger charge is 2.04. The number of aryl methyl sites for hydroxylation is 1. The summed E-state index contributed by atoms with van der Waals surface area (Å²) in [5, 5.41) is 25.5. The van der Waals surface area contributed by atoms with Gasteiger partial charge in [0.2, 0.25) is 4.80 Å². The Labute approximate surface area is 121 Å². The normalized spacial score (nSPS) is 12.7. The van der Waals surface area contributed by atoms with Crippen molar-refractivity contribution < 1.29 is 10.2 Å². The van der Waals surface area contributed by atoms with Crippen LogP contribution in [0.1, 0.15) is 25.1 Å². The van der Waals surface area contributed by atoms with Crippen molar-refractivity contribution in [1.29, 1.82) is 0 Å². The topological polar surface area (TPSA) is 70.1 Å². The third-order valence-electron chi connectivity index (χ3n) is 2.58. The number of nitrogens with zero attached hydrogens (tertiary/aromatic N) is 3. The maximum absolute atomic E-state index is 9.74. The molecule has 20 heavy (non-hydrogen) atoms. The number of rotatable bonds is 3. The number of phenols is 2. The molecule has 6 heteroatoms. The molecule has 0 unspecified atom stereocenters. The van der Waals surface area contributed by atoms with Crippen molar-refractivity contribution in [1.82, 2.24) is 4.68 Å². The summed E-state index contributed by atoms with van der Waals surface area (Å²) in [6.45, 7) is 5.95. The first-order chi connectivity index (χ1) is 9.49. The number of phenolic OH excluding ortho intramolecular Hbond substituents is 2. The van der Waals surface area contributed by atoms with Crippen LogP contribution in [0.2, 0.25) is 0 Å². The predicted octanol–water partition coefficient (Wildman–Crippen LogP) is 2.46. The summed E-state index contributed by atoms with van der Waals surface area (Å²) >= 11 is 1.52. The van der Waals surface area contributed by atoms with E-state index in [9.17, 15) is 10.2 Å². The first-order valence-corrected chi connectivity index (χ1v) is 7.13. The minimum absolute atomic E-state index is 0.159. The maximum atomic E-state index is 9.74. The Morgan fingerprint density at radius 2 is 2.05 bits per heavy atom. The quantitative estimate of drug-likeness (QED) is 0.673. The molecule has 0 radical (unpaired) electrons. The van der Waals surface area contributed by atoms with E-state index >= 15 is 0 Å². The van der Waals surface area contributed by atoms with Crippen LogP contribution >= 0.6 is 11.3 Å². The Balaban J connectivity index is 2.42. The van der Waals surface area contributed by atoms with Crippen LogP contribution in [0.25, 0.3) is 0 Å². The molecule has 0 amide bonds. The summed E-state index contributed by atoms with van der Waals surface area (Å²) in [6.07, 6.45) is 1.51. The number of aromatic nitrogens is 1. The van der Waals surface area contributed by atoms with Gasteiger partial charge < -0.3 is 10.2 Å². The van der Waals surface area contributed by atoms with E-state index in [2.05, 4.69) is 10.1 Å². The molecule has 0 atom stereocenters. The number of benzene rings is 1. The highest BCUT2D eigenvalue weighted by atomic mass is 32.1. The molecule has 0 fully saturated rings. The second kappa shape index (κ2) is 5.92. The van der Waals surface area contributed by atoms with Crippen molar-refractivity contribution in [2.24, 2.45) is 10.1 Å². The SMILES string of the molecule is Cc1csc(=NC(C)C)n1N=Cc1cccc(O)c1O. The molecule has 0 spiro atoms. The molecule has 2 aromatic rings. The van der Waals surface area contributed by atoms with Gasteiger partial charge in [-0.25, -0.2) is 4.68 Å². The van der Waals surface area contributed by atoms with Gasteiger partial charge in [-0.05, 0) is 32.9 Å². The van der Waals surface area contributed by atoms with Crippen molar-refractivity contribution in [2.45, 2.75) is 26.8 Å². The van der Waals surface area contributed by atoms with Crippen LogP contribution in [-0.4, -0.2) is 27.1 Å². The molecule has 0 saturated carbocycles. The zero-order chi connectivity index (χ0) is 14.7. The van der Waals surface area contributed by atoms with E-state index in [4.69, 9.17) is 0 Å². The van der Waals surface area contributed by atoms with Crippen LogP contribution < -0.4 is 4.80 Å². The van der Waals surface area contributed by atoms with E-state index < -0.39 is 0 Å². The van der Waals surface area contributed by atoms with E-state index in [1.165, 1.54) is 23.6 Å². The molecule has 1 heterocycles. The fraction of sp³-hybridized carbons (Fsp3) is 0.286. The zero-order valence-electron chi connectivity index (χ0n) is 11.6. The molecule has 0 aliphatic carbocycles. The van der Waals surface area contributed by atoms with E-state index in [0.29, 0.717) is 5.56 Å². The van der Waals surface area contributed by atoms with Crippen molar-refractivity contribution in [3.8, 4) is 11.5 Å². The van der Waals surface area contributed by atoms with Gasteiger partial charge in [-0.1, -0.05) is 6.07 Å². The third kappa shape index (κ3) is 3.08. The van der Waals surface area contributed by atoms with Gasteiger partial charge in [0.15, 0.2) is 11.5 Å². The van der Waals surface area contributed by atoms with Crippen molar-refractivity contribution in [2.75, 3.05) is 0 Å². The van der Waals surface area contributed by atoms with E-state index in [1.807, 2.05) is 26.2 Å². The number of aromatic hydroxyl groups is 2. The molecule has 5 nitrogen and oxygen atoms in total. The average molecular weight is 291 g/mol. The minimum Gasteiger partial charge on any atom is -0.504 e. The largest absolute Gasteiger partial charge is 0.504 e. The zero-order valence-corrected chi connectivity index (χ0v) is 12.4. The fourth-order valence-corrected chi connectivity index (χ4v) is 2.55. The Kier molecular flexibility index (Phi) is 4.24. The number of para-hydroxylation sites is 1. The molecule has 2 rings (SSSR count). The summed E-state index contributed by atoms with van der Waals surface area (Å²) in [5.41, 5.74) is 1.42. The first kappa shape index (κ1) is 14.3. The summed E-state index contributed by atoms with van der Waals surface area (Å²) in [7, 11) is 0. The lowest BCUT2D eigenvalue weighted by molar-refractivity contribution is 0.403. The molecule has 1 aromatic carbocycles.